The van der Waals surface area contributed by atoms with Crippen LogP contribution >= 0.6 is 0 Å². The van der Waals surface area contributed by atoms with Crippen molar-refractivity contribution in [2.75, 3.05) is 21.3 Å². The van der Waals surface area contributed by atoms with Crippen molar-refractivity contribution in [3.8, 4) is 17.2 Å². The van der Waals surface area contributed by atoms with Gasteiger partial charge in [-0.05, 0) is 0 Å². The number of benzene rings is 3. The van der Waals surface area contributed by atoms with Crippen LogP contribution in [0.2, 0.25) is 0 Å². The largest absolute Gasteiger partial charge is 0.496 e. The average Bonchev–Trinajstić information content (AvgIpc) is 2.79. The third-order valence-corrected chi connectivity index (χ3v) is 4.31. The maximum absolute atomic E-state index is 12.9. The van der Waals surface area contributed by atoms with Crippen LogP contribution in [0.1, 0.15) is 21.5 Å². The SMILES string of the molecule is COc1cc(OC)c(C(=O)NN=C(c2ccccc2)c2ccccc2)cc1OC. The number of carbonyl (C=O) groups is 1. The highest BCUT2D eigenvalue weighted by Crippen LogP contribution is 2.34. The molecule has 0 aliphatic heterocycles. The Balaban J connectivity index is 1.97. The molecule has 148 valence electrons. The van der Waals surface area contributed by atoms with Gasteiger partial charge in [0.1, 0.15) is 5.75 Å². The quantitative estimate of drug-likeness (QED) is 0.491. The molecule has 6 nitrogen and oxygen atoms in total. The van der Waals surface area contributed by atoms with E-state index in [-0.39, 0.29) is 5.56 Å². The number of hydrogen-bond donors (Lipinski definition) is 1. The highest BCUT2D eigenvalue weighted by Gasteiger charge is 2.18. The van der Waals surface area contributed by atoms with Gasteiger partial charge in [0, 0.05) is 23.3 Å². The maximum Gasteiger partial charge on any atom is 0.275 e. The Bertz CT molecular complexity index is 961. The second-order valence-corrected chi connectivity index (χ2v) is 6.04. The summed E-state index contributed by atoms with van der Waals surface area (Å²) in [6.45, 7) is 0. The van der Waals surface area contributed by atoms with Gasteiger partial charge in [0.05, 0.1) is 32.6 Å². The Morgan fingerprint density at radius 3 is 1.69 bits per heavy atom. The van der Waals surface area contributed by atoms with E-state index in [9.17, 15) is 4.79 Å². The molecule has 0 aliphatic carbocycles. The zero-order valence-electron chi connectivity index (χ0n) is 16.5. The van der Waals surface area contributed by atoms with Crippen molar-refractivity contribution in [1.29, 1.82) is 0 Å². The third kappa shape index (κ3) is 4.55. The fourth-order valence-electron chi connectivity index (χ4n) is 2.86. The van der Waals surface area contributed by atoms with Crippen molar-refractivity contribution >= 4 is 11.6 Å². The summed E-state index contributed by atoms with van der Waals surface area (Å²) in [7, 11) is 4.51. The molecule has 0 spiro atoms. The van der Waals surface area contributed by atoms with Gasteiger partial charge in [-0.15, -0.1) is 0 Å². The van der Waals surface area contributed by atoms with Crippen molar-refractivity contribution in [2.24, 2.45) is 5.10 Å². The first-order valence-corrected chi connectivity index (χ1v) is 8.96. The predicted molar refractivity (Wildman–Crippen MR) is 112 cm³/mol. The first-order chi connectivity index (χ1) is 14.2. The van der Waals surface area contributed by atoms with Crippen molar-refractivity contribution in [3.05, 3.63) is 89.5 Å². The van der Waals surface area contributed by atoms with Crippen molar-refractivity contribution in [2.45, 2.75) is 0 Å². The fourth-order valence-corrected chi connectivity index (χ4v) is 2.86. The summed E-state index contributed by atoms with van der Waals surface area (Å²) >= 11 is 0. The van der Waals surface area contributed by atoms with Crippen LogP contribution in [-0.2, 0) is 0 Å². The minimum Gasteiger partial charge on any atom is -0.496 e. The Labute approximate surface area is 169 Å². The summed E-state index contributed by atoms with van der Waals surface area (Å²) in [5, 5.41) is 4.40. The van der Waals surface area contributed by atoms with Crippen LogP contribution in [0.15, 0.2) is 77.9 Å². The molecule has 0 atom stereocenters. The van der Waals surface area contributed by atoms with Crippen LogP contribution in [0.25, 0.3) is 0 Å². The van der Waals surface area contributed by atoms with Gasteiger partial charge in [-0.25, -0.2) is 5.43 Å². The summed E-state index contributed by atoms with van der Waals surface area (Å²) in [5.74, 6) is 0.830. The molecular formula is C23H22N2O4. The number of carbonyl (C=O) groups excluding carboxylic acids is 1. The number of methoxy groups -OCH3 is 3. The minimum absolute atomic E-state index is 0.286. The Morgan fingerprint density at radius 1 is 0.724 bits per heavy atom. The number of hydrazone groups is 1. The minimum atomic E-state index is -0.424. The normalized spacial score (nSPS) is 10.0. The van der Waals surface area contributed by atoms with Gasteiger partial charge in [0.15, 0.2) is 11.5 Å². The number of ether oxygens (including phenoxy) is 3. The molecule has 0 saturated heterocycles. The summed E-state index contributed by atoms with van der Waals surface area (Å²) in [6, 6.07) is 22.5. The van der Waals surface area contributed by atoms with Gasteiger partial charge >= 0.3 is 0 Å². The molecule has 29 heavy (non-hydrogen) atoms. The van der Waals surface area contributed by atoms with E-state index in [0.29, 0.717) is 23.0 Å². The van der Waals surface area contributed by atoms with Gasteiger partial charge in [0.2, 0.25) is 0 Å². The molecule has 1 amide bonds. The Kier molecular flexibility index (Phi) is 6.47. The molecule has 3 aromatic rings. The standard InChI is InChI=1S/C23H22N2O4/c1-27-19-15-21(29-3)20(28-2)14-18(19)23(26)25-24-22(16-10-6-4-7-11-16)17-12-8-5-9-13-17/h4-15H,1-3H3,(H,25,26). The molecule has 0 heterocycles. The lowest BCUT2D eigenvalue weighted by atomic mass is 10.0. The number of nitrogens with zero attached hydrogens (tertiary/aromatic N) is 1. The molecule has 0 aliphatic rings. The zero-order chi connectivity index (χ0) is 20.6. The van der Waals surface area contributed by atoms with E-state index in [1.807, 2.05) is 60.7 Å². The van der Waals surface area contributed by atoms with Crippen LogP contribution in [0.4, 0.5) is 0 Å². The molecule has 0 saturated carbocycles. The number of amides is 1. The molecule has 0 bridgehead atoms. The van der Waals surface area contributed by atoms with E-state index in [1.54, 1.807) is 12.1 Å². The van der Waals surface area contributed by atoms with Gasteiger partial charge in [-0.2, -0.15) is 5.10 Å². The lowest BCUT2D eigenvalue weighted by Crippen LogP contribution is -2.21. The molecule has 0 aromatic heterocycles. The summed E-state index contributed by atoms with van der Waals surface area (Å²) in [6.07, 6.45) is 0. The number of hydrogen-bond acceptors (Lipinski definition) is 5. The van der Waals surface area contributed by atoms with Crippen molar-refractivity contribution < 1.29 is 19.0 Å². The fraction of sp³-hybridized carbons (Fsp3) is 0.130. The predicted octanol–water partition coefficient (Wildman–Crippen LogP) is 3.89. The average molecular weight is 390 g/mol. The van der Waals surface area contributed by atoms with Crippen LogP contribution in [0, 0.1) is 0 Å². The first-order valence-electron chi connectivity index (χ1n) is 8.96. The molecule has 0 unspecified atom stereocenters. The van der Waals surface area contributed by atoms with Gasteiger partial charge in [-0.3, -0.25) is 4.79 Å². The molecule has 3 rings (SSSR count). The van der Waals surface area contributed by atoms with E-state index >= 15 is 0 Å². The highest BCUT2D eigenvalue weighted by molar-refractivity contribution is 6.13. The Hall–Kier alpha value is -3.80. The van der Waals surface area contributed by atoms with Crippen LogP contribution < -0.4 is 19.6 Å². The smallest absolute Gasteiger partial charge is 0.275 e. The summed E-state index contributed by atoms with van der Waals surface area (Å²) in [4.78, 5) is 12.9. The monoisotopic (exact) mass is 390 g/mol. The summed E-state index contributed by atoms with van der Waals surface area (Å²) < 4.78 is 15.9. The van der Waals surface area contributed by atoms with Gasteiger partial charge in [0.25, 0.3) is 5.91 Å². The van der Waals surface area contributed by atoms with Crippen LogP contribution in [0.3, 0.4) is 0 Å². The topological polar surface area (TPSA) is 69.2 Å². The second kappa shape index (κ2) is 9.41. The molecule has 0 radical (unpaired) electrons. The van der Waals surface area contributed by atoms with Crippen molar-refractivity contribution in [1.82, 2.24) is 5.43 Å². The lowest BCUT2D eigenvalue weighted by Gasteiger charge is -2.13. The zero-order valence-corrected chi connectivity index (χ0v) is 16.5. The highest BCUT2D eigenvalue weighted by atomic mass is 16.5. The van der Waals surface area contributed by atoms with E-state index < -0.39 is 5.91 Å². The van der Waals surface area contributed by atoms with Crippen molar-refractivity contribution in [3.63, 3.8) is 0 Å². The Morgan fingerprint density at radius 2 is 1.21 bits per heavy atom. The first kappa shape index (κ1) is 19.9. The van der Waals surface area contributed by atoms with E-state index in [2.05, 4.69) is 10.5 Å². The number of nitrogens with one attached hydrogen (secondary N) is 1. The summed E-state index contributed by atoms with van der Waals surface area (Å²) in [5.41, 5.74) is 5.35. The molecule has 6 heteroatoms. The van der Waals surface area contributed by atoms with E-state index in [0.717, 1.165) is 11.1 Å². The van der Waals surface area contributed by atoms with E-state index in [4.69, 9.17) is 14.2 Å². The maximum atomic E-state index is 12.9. The molecule has 3 aromatic carbocycles. The van der Waals surface area contributed by atoms with Gasteiger partial charge in [-0.1, -0.05) is 60.7 Å². The molecule has 0 fully saturated rings. The van der Waals surface area contributed by atoms with E-state index in [1.165, 1.54) is 21.3 Å². The number of rotatable bonds is 7. The second-order valence-electron chi connectivity index (χ2n) is 6.04. The molecular weight excluding hydrogens is 368 g/mol. The van der Waals surface area contributed by atoms with Gasteiger partial charge < -0.3 is 14.2 Å². The lowest BCUT2D eigenvalue weighted by molar-refractivity contribution is 0.0951. The molecule has 1 N–H and O–H groups in total. The van der Waals surface area contributed by atoms with Crippen LogP contribution in [-0.4, -0.2) is 32.9 Å². The third-order valence-electron chi connectivity index (χ3n) is 4.31. The van der Waals surface area contributed by atoms with Crippen LogP contribution in [0.5, 0.6) is 17.2 Å².